The zero-order valence-electron chi connectivity index (χ0n) is 10.9. The number of amidine groups is 1. The largest absolute Gasteiger partial charge is 0.363 e. The maximum Gasteiger partial charge on any atom is 0.102 e. The van der Waals surface area contributed by atoms with Gasteiger partial charge in [-0.2, -0.15) is 0 Å². The molecule has 3 heteroatoms. The Morgan fingerprint density at radius 2 is 2.19 bits per heavy atom. The number of likely N-dealkylation sites (tertiary alicyclic amines) is 1. The van der Waals surface area contributed by atoms with E-state index < -0.39 is 0 Å². The molecule has 1 aliphatic heterocycles. The predicted molar refractivity (Wildman–Crippen MR) is 70.2 cm³/mol. The van der Waals surface area contributed by atoms with Crippen LogP contribution in [-0.4, -0.2) is 39.2 Å². The second-order valence-corrected chi connectivity index (χ2v) is 5.91. The third-order valence-electron chi connectivity index (χ3n) is 4.35. The van der Waals surface area contributed by atoms with Crippen molar-refractivity contribution >= 4 is 13.7 Å². The molecule has 2 rings (SSSR count). The smallest absolute Gasteiger partial charge is 0.102 e. The standard InChI is InChI=1S/C13H23BN2/c1-13(14)7-4-5-11-10(9-13)6-8-16(3)12(11)15-2/h10-11H,4-9H2,1-3H3. The lowest BCUT2D eigenvalue weighted by molar-refractivity contribution is 0.255. The van der Waals surface area contributed by atoms with Crippen LogP contribution in [0.1, 0.15) is 39.0 Å². The molecule has 2 nitrogen and oxygen atoms in total. The topological polar surface area (TPSA) is 15.6 Å². The van der Waals surface area contributed by atoms with E-state index in [1.165, 1.54) is 37.9 Å². The molecule has 0 aromatic rings. The first kappa shape index (κ1) is 12.0. The van der Waals surface area contributed by atoms with E-state index in [1.807, 2.05) is 7.05 Å². The number of rotatable bonds is 0. The molecule has 1 saturated heterocycles. The van der Waals surface area contributed by atoms with Crippen molar-refractivity contribution in [1.29, 1.82) is 0 Å². The highest BCUT2D eigenvalue weighted by Gasteiger charge is 2.37. The van der Waals surface area contributed by atoms with Gasteiger partial charge in [0.25, 0.3) is 0 Å². The number of fused-ring (bicyclic) bond motifs is 1. The van der Waals surface area contributed by atoms with Gasteiger partial charge in [-0.25, -0.2) is 0 Å². The molecule has 0 aromatic heterocycles. The number of hydrogen-bond acceptors (Lipinski definition) is 1. The minimum Gasteiger partial charge on any atom is -0.363 e. The highest BCUT2D eigenvalue weighted by atomic mass is 15.2. The molecule has 88 valence electrons. The van der Waals surface area contributed by atoms with Crippen molar-refractivity contribution in [3.8, 4) is 0 Å². The fraction of sp³-hybridized carbons (Fsp3) is 0.923. The summed E-state index contributed by atoms with van der Waals surface area (Å²) in [5.41, 5.74) is 0. The van der Waals surface area contributed by atoms with E-state index in [0.717, 1.165) is 12.5 Å². The molecule has 1 aliphatic carbocycles. The zero-order chi connectivity index (χ0) is 11.8. The number of piperidine rings is 1. The van der Waals surface area contributed by atoms with Crippen LogP contribution in [-0.2, 0) is 0 Å². The summed E-state index contributed by atoms with van der Waals surface area (Å²) in [5.74, 6) is 2.73. The fourth-order valence-corrected chi connectivity index (χ4v) is 3.54. The van der Waals surface area contributed by atoms with E-state index in [0.29, 0.717) is 5.92 Å². The normalized spacial score (nSPS) is 42.9. The summed E-state index contributed by atoms with van der Waals surface area (Å²) in [4.78, 5) is 6.84. The lowest BCUT2D eigenvalue weighted by atomic mass is 9.62. The van der Waals surface area contributed by atoms with Gasteiger partial charge in [0, 0.05) is 26.6 Å². The van der Waals surface area contributed by atoms with E-state index in [2.05, 4.69) is 23.9 Å². The van der Waals surface area contributed by atoms with Crippen molar-refractivity contribution < 1.29 is 0 Å². The Balaban J connectivity index is 2.19. The summed E-state index contributed by atoms with van der Waals surface area (Å²) in [5, 5.41) is 0.0498. The summed E-state index contributed by atoms with van der Waals surface area (Å²) >= 11 is 0. The molecule has 2 fully saturated rings. The highest BCUT2D eigenvalue weighted by Crippen LogP contribution is 2.46. The Kier molecular flexibility index (Phi) is 3.32. The van der Waals surface area contributed by atoms with Gasteiger partial charge in [0.2, 0.25) is 0 Å². The molecule has 0 spiro atoms. The molecule has 1 saturated carbocycles. The summed E-state index contributed by atoms with van der Waals surface area (Å²) in [7, 11) is 10.5. The molecule has 1 heterocycles. The van der Waals surface area contributed by atoms with Crippen LogP contribution in [0.15, 0.2) is 4.99 Å². The quantitative estimate of drug-likeness (QED) is 0.570. The Hall–Kier alpha value is -0.465. The number of nitrogens with zero attached hydrogens (tertiary/aromatic N) is 2. The van der Waals surface area contributed by atoms with Gasteiger partial charge >= 0.3 is 0 Å². The number of aliphatic imine (C=N–C) groups is 1. The van der Waals surface area contributed by atoms with Crippen LogP contribution in [0.2, 0.25) is 5.31 Å². The first-order valence-corrected chi connectivity index (χ1v) is 6.50. The molecular weight excluding hydrogens is 195 g/mol. The van der Waals surface area contributed by atoms with Crippen molar-refractivity contribution in [2.75, 3.05) is 20.6 Å². The molecule has 3 atom stereocenters. The van der Waals surface area contributed by atoms with E-state index >= 15 is 0 Å². The van der Waals surface area contributed by atoms with Crippen LogP contribution >= 0.6 is 0 Å². The van der Waals surface area contributed by atoms with Gasteiger partial charge in [-0.3, -0.25) is 4.99 Å². The van der Waals surface area contributed by atoms with Crippen molar-refractivity contribution in [3.63, 3.8) is 0 Å². The van der Waals surface area contributed by atoms with E-state index in [-0.39, 0.29) is 5.31 Å². The molecule has 0 bridgehead atoms. The van der Waals surface area contributed by atoms with Crippen LogP contribution in [0.5, 0.6) is 0 Å². The first-order valence-electron chi connectivity index (χ1n) is 6.50. The molecule has 0 N–H and O–H groups in total. The third-order valence-corrected chi connectivity index (χ3v) is 4.35. The zero-order valence-corrected chi connectivity index (χ0v) is 10.9. The van der Waals surface area contributed by atoms with Crippen molar-refractivity contribution in [1.82, 2.24) is 4.90 Å². The Morgan fingerprint density at radius 1 is 1.44 bits per heavy atom. The Bertz CT molecular complexity index is 286. The van der Waals surface area contributed by atoms with Crippen LogP contribution in [0.25, 0.3) is 0 Å². The summed E-state index contributed by atoms with van der Waals surface area (Å²) in [6.45, 7) is 3.36. The molecule has 2 radical (unpaired) electrons. The molecule has 16 heavy (non-hydrogen) atoms. The highest BCUT2D eigenvalue weighted by molar-refractivity contribution is 6.14. The first-order chi connectivity index (χ1) is 7.53. The van der Waals surface area contributed by atoms with Gasteiger partial charge < -0.3 is 4.90 Å². The minimum atomic E-state index is 0.0498. The van der Waals surface area contributed by atoms with Crippen molar-refractivity contribution in [2.45, 2.75) is 44.3 Å². The molecule has 3 unspecified atom stereocenters. The Labute approximate surface area is 101 Å². The average Bonchev–Trinajstić information content (AvgIpc) is 2.36. The van der Waals surface area contributed by atoms with E-state index in [1.54, 1.807) is 0 Å². The average molecular weight is 218 g/mol. The van der Waals surface area contributed by atoms with Crippen LogP contribution in [0.3, 0.4) is 0 Å². The van der Waals surface area contributed by atoms with E-state index in [9.17, 15) is 0 Å². The van der Waals surface area contributed by atoms with Crippen molar-refractivity contribution in [2.24, 2.45) is 16.8 Å². The summed E-state index contributed by atoms with van der Waals surface area (Å²) in [6.07, 6.45) is 6.15. The van der Waals surface area contributed by atoms with Gasteiger partial charge in [-0.05, 0) is 18.8 Å². The van der Waals surface area contributed by atoms with Gasteiger partial charge in [-0.1, -0.05) is 31.5 Å². The molecular formula is C13H23BN2. The number of hydrogen-bond donors (Lipinski definition) is 0. The van der Waals surface area contributed by atoms with Crippen molar-refractivity contribution in [3.05, 3.63) is 0 Å². The van der Waals surface area contributed by atoms with Gasteiger partial charge in [0.1, 0.15) is 5.84 Å². The second-order valence-electron chi connectivity index (χ2n) is 5.91. The van der Waals surface area contributed by atoms with Crippen LogP contribution in [0.4, 0.5) is 0 Å². The molecule has 0 amide bonds. The summed E-state index contributed by atoms with van der Waals surface area (Å²) in [6, 6.07) is 0. The van der Waals surface area contributed by atoms with Crippen LogP contribution < -0.4 is 0 Å². The maximum atomic E-state index is 6.35. The monoisotopic (exact) mass is 218 g/mol. The minimum absolute atomic E-state index is 0.0498. The SMILES string of the molecule is [B]C1(C)CCCC2C(=NC)N(C)CCC2C1. The van der Waals surface area contributed by atoms with Gasteiger partial charge in [-0.15, -0.1) is 0 Å². The summed E-state index contributed by atoms with van der Waals surface area (Å²) < 4.78 is 0. The van der Waals surface area contributed by atoms with Crippen LogP contribution in [0, 0.1) is 11.8 Å². The fourth-order valence-electron chi connectivity index (χ4n) is 3.54. The van der Waals surface area contributed by atoms with Gasteiger partial charge in [0.05, 0.1) is 7.85 Å². The van der Waals surface area contributed by atoms with E-state index in [4.69, 9.17) is 7.85 Å². The molecule has 0 aromatic carbocycles. The van der Waals surface area contributed by atoms with Gasteiger partial charge in [0.15, 0.2) is 0 Å². The molecule has 2 aliphatic rings. The maximum absolute atomic E-state index is 6.35. The lowest BCUT2D eigenvalue weighted by Gasteiger charge is -2.40. The Morgan fingerprint density at radius 3 is 2.88 bits per heavy atom. The third kappa shape index (κ3) is 2.28. The predicted octanol–water partition coefficient (Wildman–Crippen LogP) is 2.50. The second kappa shape index (κ2) is 4.42. The lowest BCUT2D eigenvalue weighted by Crippen LogP contribution is -2.43.